The van der Waals surface area contributed by atoms with Crippen molar-refractivity contribution < 1.29 is 9.90 Å². The van der Waals surface area contributed by atoms with Gasteiger partial charge in [-0.1, -0.05) is 0 Å². The predicted octanol–water partition coefficient (Wildman–Crippen LogP) is 2.78. The third kappa shape index (κ3) is 1.90. The number of rotatable bonds is 1. The third-order valence-electron chi connectivity index (χ3n) is 1.43. The summed E-state index contributed by atoms with van der Waals surface area (Å²) in [5.41, 5.74) is 0.110. The number of hydrogen-bond acceptors (Lipinski definition) is 2. The Balaban J connectivity index is 3.55. The van der Waals surface area contributed by atoms with Crippen molar-refractivity contribution in [2.24, 2.45) is 0 Å². The van der Waals surface area contributed by atoms with Crippen LogP contribution in [-0.2, 0) is 0 Å². The van der Waals surface area contributed by atoms with Crippen molar-refractivity contribution in [2.45, 2.75) is 0 Å². The molecular weight excluding hydrogens is 302 g/mol. The molecule has 0 heterocycles. The second kappa shape index (κ2) is 3.90. The lowest BCUT2D eigenvalue weighted by molar-refractivity contribution is 0.0695. The Hall–Kier alpha value is -0.860. The van der Waals surface area contributed by atoms with Crippen LogP contribution in [0.25, 0.3) is 0 Å². The molecule has 0 aliphatic carbocycles. The molecule has 0 aliphatic heterocycles. The number of carbonyl (C=O) groups is 1. The van der Waals surface area contributed by atoms with Crippen molar-refractivity contribution in [2.75, 3.05) is 0 Å². The van der Waals surface area contributed by atoms with Crippen molar-refractivity contribution in [3.8, 4) is 6.07 Å². The molecule has 0 atom stereocenters. The van der Waals surface area contributed by atoms with Crippen LogP contribution >= 0.6 is 31.9 Å². The molecule has 0 saturated carbocycles. The van der Waals surface area contributed by atoms with Crippen molar-refractivity contribution in [3.63, 3.8) is 0 Å². The molecule has 1 aromatic carbocycles. The number of carboxylic acid groups (broad SMARTS) is 1. The Labute approximate surface area is 91.2 Å². The average molecular weight is 305 g/mol. The molecule has 5 heteroatoms. The van der Waals surface area contributed by atoms with Gasteiger partial charge in [-0.25, -0.2) is 4.79 Å². The quantitative estimate of drug-likeness (QED) is 0.868. The summed E-state index contributed by atoms with van der Waals surface area (Å²) in [5.74, 6) is -1.12. The molecule has 0 saturated heterocycles. The van der Waals surface area contributed by atoms with E-state index in [9.17, 15) is 4.79 Å². The van der Waals surface area contributed by atoms with Crippen LogP contribution in [-0.4, -0.2) is 11.1 Å². The summed E-state index contributed by atoms with van der Waals surface area (Å²) in [7, 11) is 0. The van der Waals surface area contributed by atoms with Crippen molar-refractivity contribution in [3.05, 3.63) is 32.2 Å². The number of nitriles is 1. The smallest absolute Gasteiger partial charge is 0.338 e. The Morgan fingerprint density at radius 3 is 2.31 bits per heavy atom. The molecule has 1 aromatic rings. The molecule has 0 unspecified atom stereocenters. The summed E-state index contributed by atoms with van der Waals surface area (Å²) in [5, 5.41) is 17.5. The fraction of sp³-hybridized carbons (Fsp3) is 0. The lowest BCUT2D eigenvalue weighted by Gasteiger charge is -2.02. The van der Waals surface area contributed by atoms with Crippen LogP contribution in [0.15, 0.2) is 21.1 Å². The minimum atomic E-state index is -1.12. The monoisotopic (exact) mass is 303 g/mol. The van der Waals surface area contributed by atoms with Gasteiger partial charge >= 0.3 is 5.97 Å². The van der Waals surface area contributed by atoms with Crippen LogP contribution in [0.3, 0.4) is 0 Å². The zero-order valence-corrected chi connectivity index (χ0v) is 9.39. The second-order valence-corrected chi connectivity index (χ2v) is 3.90. The highest BCUT2D eigenvalue weighted by Gasteiger charge is 2.16. The molecule has 0 aliphatic rings. The summed E-state index contributed by atoms with van der Waals surface area (Å²) < 4.78 is 0.885. The first-order valence-electron chi connectivity index (χ1n) is 3.19. The maximum absolute atomic E-state index is 10.8. The van der Waals surface area contributed by atoms with E-state index in [4.69, 9.17) is 10.4 Å². The minimum absolute atomic E-state index is 0.0168. The molecule has 3 nitrogen and oxygen atoms in total. The molecule has 1 rings (SSSR count). The zero-order chi connectivity index (χ0) is 10.0. The molecule has 0 fully saturated rings. The van der Waals surface area contributed by atoms with E-state index in [1.807, 2.05) is 6.07 Å². The van der Waals surface area contributed by atoms with Crippen LogP contribution in [0.1, 0.15) is 15.9 Å². The van der Waals surface area contributed by atoms with E-state index < -0.39 is 5.97 Å². The molecule has 66 valence electrons. The van der Waals surface area contributed by atoms with Gasteiger partial charge < -0.3 is 5.11 Å². The van der Waals surface area contributed by atoms with E-state index in [1.54, 1.807) is 12.1 Å². The highest BCUT2D eigenvalue weighted by molar-refractivity contribution is 9.11. The van der Waals surface area contributed by atoms with E-state index in [0.717, 1.165) is 0 Å². The number of carboxylic acids is 1. The van der Waals surface area contributed by atoms with Crippen LogP contribution in [0.2, 0.25) is 0 Å². The fourth-order valence-electron chi connectivity index (χ4n) is 0.870. The fourth-order valence-corrected chi connectivity index (χ4v) is 1.79. The lowest BCUT2D eigenvalue weighted by atomic mass is 10.1. The topological polar surface area (TPSA) is 61.1 Å². The Bertz CT molecular complexity index is 409. The van der Waals surface area contributed by atoms with Crippen molar-refractivity contribution in [1.82, 2.24) is 0 Å². The van der Waals surface area contributed by atoms with Gasteiger partial charge in [-0.15, -0.1) is 0 Å². The third-order valence-corrected chi connectivity index (χ3v) is 2.75. The predicted molar refractivity (Wildman–Crippen MR) is 53.5 cm³/mol. The highest BCUT2D eigenvalue weighted by atomic mass is 79.9. The van der Waals surface area contributed by atoms with Crippen LogP contribution in [0.4, 0.5) is 0 Å². The van der Waals surface area contributed by atoms with Crippen molar-refractivity contribution in [1.29, 1.82) is 5.26 Å². The van der Waals surface area contributed by atoms with Gasteiger partial charge in [0.25, 0.3) is 0 Å². The molecule has 0 radical (unpaired) electrons. The summed E-state index contributed by atoms with van der Waals surface area (Å²) in [6.07, 6.45) is 0. The largest absolute Gasteiger partial charge is 0.478 e. The molecule has 0 aromatic heterocycles. The number of halogens is 2. The summed E-state index contributed by atoms with van der Waals surface area (Å²) >= 11 is 6.17. The molecule has 0 spiro atoms. The van der Waals surface area contributed by atoms with Crippen LogP contribution in [0.5, 0.6) is 0 Å². The number of hydrogen-bond donors (Lipinski definition) is 1. The number of aromatic carboxylic acids is 1. The summed E-state index contributed by atoms with van der Waals surface area (Å²) in [6, 6.07) is 5.03. The standard InChI is InChI=1S/C8H3Br2NO2/c9-5-1-2-6(10)7(8(12)13)4(5)3-11/h1-2H,(H,12,13). The van der Waals surface area contributed by atoms with Gasteiger partial charge in [-0.3, -0.25) is 0 Å². The first-order valence-corrected chi connectivity index (χ1v) is 4.78. The highest BCUT2D eigenvalue weighted by Crippen LogP contribution is 2.26. The van der Waals surface area contributed by atoms with E-state index in [1.165, 1.54) is 0 Å². The van der Waals surface area contributed by atoms with Gasteiger partial charge in [-0.05, 0) is 44.0 Å². The SMILES string of the molecule is N#Cc1c(Br)ccc(Br)c1C(=O)O. The molecular formula is C8H3Br2NO2. The molecule has 13 heavy (non-hydrogen) atoms. The van der Waals surface area contributed by atoms with Gasteiger partial charge in [-0.2, -0.15) is 5.26 Å². The Kier molecular flexibility index (Phi) is 3.07. The van der Waals surface area contributed by atoms with E-state index in [0.29, 0.717) is 8.95 Å². The molecule has 0 amide bonds. The lowest BCUT2D eigenvalue weighted by Crippen LogP contribution is -2.02. The average Bonchev–Trinajstić information content (AvgIpc) is 2.07. The minimum Gasteiger partial charge on any atom is -0.478 e. The molecule has 1 N–H and O–H groups in total. The summed E-state index contributed by atoms with van der Waals surface area (Å²) in [4.78, 5) is 10.8. The van der Waals surface area contributed by atoms with Gasteiger partial charge in [0.15, 0.2) is 0 Å². The maximum atomic E-state index is 10.8. The van der Waals surface area contributed by atoms with Gasteiger partial charge in [0.05, 0.1) is 11.1 Å². The van der Waals surface area contributed by atoms with Gasteiger partial charge in [0.1, 0.15) is 6.07 Å². The zero-order valence-electron chi connectivity index (χ0n) is 6.21. The maximum Gasteiger partial charge on any atom is 0.338 e. The Morgan fingerprint density at radius 2 is 1.92 bits per heavy atom. The van der Waals surface area contributed by atoms with E-state index >= 15 is 0 Å². The Morgan fingerprint density at radius 1 is 1.38 bits per heavy atom. The van der Waals surface area contributed by atoms with Crippen LogP contribution in [0, 0.1) is 11.3 Å². The van der Waals surface area contributed by atoms with E-state index in [-0.39, 0.29) is 11.1 Å². The second-order valence-electron chi connectivity index (χ2n) is 2.20. The first-order chi connectivity index (χ1) is 6.07. The number of benzene rings is 1. The van der Waals surface area contributed by atoms with Crippen LogP contribution < -0.4 is 0 Å². The van der Waals surface area contributed by atoms with Gasteiger partial charge in [0, 0.05) is 8.95 Å². The number of nitrogens with zero attached hydrogens (tertiary/aromatic N) is 1. The normalized spacial score (nSPS) is 9.31. The van der Waals surface area contributed by atoms with E-state index in [2.05, 4.69) is 31.9 Å². The van der Waals surface area contributed by atoms with Gasteiger partial charge in [0.2, 0.25) is 0 Å². The first kappa shape index (κ1) is 10.2. The molecule has 0 bridgehead atoms. The van der Waals surface area contributed by atoms with Crippen molar-refractivity contribution >= 4 is 37.8 Å². The summed E-state index contributed by atoms with van der Waals surface area (Å²) in [6.45, 7) is 0.